The Morgan fingerprint density at radius 2 is 2.25 bits per heavy atom. The van der Waals surface area contributed by atoms with Crippen molar-refractivity contribution in [1.29, 1.82) is 5.26 Å². The molecular weight excluding hydrogens is 198 g/mol. The van der Waals surface area contributed by atoms with E-state index in [4.69, 9.17) is 5.26 Å². The summed E-state index contributed by atoms with van der Waals surface area (Å²) in [5, 5.41) is 12.2. The molecule has 86 valence electrons. The zero-order valence-corrected chi connectivity index (χ0v) is 10.5. The third-order valence-corrected chi connectivity index (χ3v) is 2.72. The topological polar surface area (TPSA) is 40.8 Å². The lowest BCUT2D eigenvalue weighted by molar-refractivity contribution is 0.745. The normalized spacial score (nSPS) is 9.94. The Hall–Kier alpha value is -1.53. The molecule has 1 aromatic rings. The Balaban J connectivity index is 2.62. The predicted octanol–water partition coefficient (Wildman–Crippen LogP) is 2.26. The van der Waals surface area contributed by atoms with Crippen molar-refractivity contribution in [3.8, 4) is 6.07 Å². The molecule has 0 unspecified atom stereocenters. The quantitative estimate of drug-likeness (QED) is 0.621. The molecule has 0 spiro atoms. The van der Waals surface area contributed by atoms with E-state index in [0.717, 1.165) is 24.5 Å². The zero-order valence-electron chi connectivity index (χ0n) is 10.5. The highest BCUT2D eigenvalue weighted by Gasteiger charge is 2.07. The van der Waals surface area contributed by atoms with Gasteiger partial charge in [0.05, 0.1) is 0 Å². The van der Waals surface area contributed by atoms with Gasteiger partial charge in [-0.25, -0.2) is 0 Å². The van der Waals surface area contributed by atoms with Crippen molar-refractivity contribution >= 4 is 0 Å². The maximum Gasteiger partial charge on any atom is 0.120 e. The lowest BCUT2D eigenvalue weighted by Crippen LogP contribution is -2.13. The van der Waals surface area contributed by atoms with E-state index in [1.165, 1.54) is 11.1 Å². The zero-order chi connectivity index (χ0) is 12.1. The highest BCUT2D eigenvalue weighted by Crippen LogP contribution is 2.12. The van der Waals surface area contributed by atoms with Gasteiger partial charge in [0.15, 0.2) is 0 Å². The van der Waals surface area contributed by atoms with E-state index in [2.05, 4.69) is 31.3 Å². The first-order chi connectivity index (χ1) is 7.56. The van der Waals surface area contributed by atoms with Gasteiger partial charge >= 0.3 is 0 Å². The van der Waals surface area contributed by atoms with Crippen LogP contribution in [0.1, 0.15) is 30.8 Å². The van der Waals surface area contributed by atoms with Gasteiger partial charge in [-0.05, 0) is 32.4 Å². The molecule has 16 heavy (non-hydrogen) atoms. The maximum absolute atomic E-state index is 8.90. The van der Waals surface area contributed by atoms with Gasteiger partial charge < -0.3 is 9.88 Å². The minimum Gasteiger partial charge on any atom is -0.340 e. The third kappa shape index (κ3) is 2.98. The smallest absolute Gasteiger partial charge is 0.120 e. The Morgan fingerprint density at radius 1 is 1.56 bits per heavy atom. The predicted molar refractivity (Wildman–Crippen MR) is 66.0 cm³/mol. The molecule has 0 atom stereocenters. The van der Waals surface area contributed by atoms with Crippen LogP contribution in [0.5, 0.6) is 0 Å². The molecule has 0 saturated carbocycles. The van der Waals surface area contributed by atoms with Gasteiger partial charge in [-0.2, -0.15) is 5.26 Å². The molecule has 0 bridgehead atoms. The van der Waals surface area contributed by atoms with Crippen LogP contribution in [-0.2, 0) is 13.6 Å². The van der Waals surface area contributed by atoms with Crippen LogP contribution >= 0.6 is 0 Å². The van der Waals surface area contributed by atoms with Crippen LogP contribution in [0.3, 0.4) is 0 Å². The molecule has 0 amide bonds. The van der Waals surface area contributed by atoms with Gasteiger partial charge in [0.2, 0.25) is 0 Å². The molecule has 0 aliphatic carbocycles. The SMILES string of the molecule is CC(C)=CCNCc1cc(C#N)n(C)c1C. The van der Waals surface area contributed by atoms with Crippen LogP contribution in [0.4, 0.5) is 0 Å². The number of nitriles is 1. The van der Waals surface area contributed by atoms with Crippen LogP contribution in [0.25, 0.3) is 0 Å². The van der Waals surface area contributed by atoms with E-state index in [1.807, 2.05) is 24.6 Å². The molecule has 1 aromatic heterocycles. The Bertz CT molecular complexity index is 429. The van der Waals surface area contributed by atoms with Crippen LogP contribution in [0, 0.1) is 18.3 Å². The first-order valence-corrected chi connectivity index (χ1v) is 5.45. The second-order valence-electron chi connectivity index (χ2n) is 4.22. The summed E-state index contributed by atoms with van der Waals surface area (Å²) >= 11 is 0. The Labute approximate surface area is 97.4 Å². The number of aromatic nitrogens is 1. The largest absolute Gasteiger partial charge is 0.340 e. The molecule has 0 aromatic carbocycles. The summed E-state index contributed by atoms with van der Waals surface area (Å²) in [4.78, 5) is 0. The monoisotopic (exact) mass is 217 g/mol. The van der Waals surface area contributed by atoms with Crippen LogP contribution in [0.15, 0.2) is 17.7 Å². The molecule has 1 N–H and O–H groups in total. The molecule has 1 rings (SSSR count). The lowest BCUT2D eigenvalue weighted by atomic mass is 10.2. The van der Waals surface area contributed by atoms with Crippen LogP contribution < -0.4 is 5.32 Å². The molecular formula is C13H19N3. The first kappa shape index (κ1) is 12.5. The van der Waals surface area contributed by atoms with E-state index < -0.39 is 0 Å². The first-order valence-electron chi connectivity index (χ1n) is 5.45. The molecule has 3 heteroatoms. The standard InChI is InChI=1S/C13H19N3/c1-10(2)5-6-15-9-12-7-13(8-14)16(4)11(12)3/h5,7,15H,6,9H2,1-4H3. The molecule has 0 aliphatic rings. The van der Waals surface area contributed by atoms with Gasteiger partial charge in [-0.3, -0.25) is 0 Å². The number of allylic oxidation sites excluding steroid dienone is 1. The fraction of sp³-hybridized carbons (Fsp3) is 0.462. The van der Waals surface area contributed by atoms with E-state index in [9.17, 15) is 0 Å². The summed E-state index contributed by atoms with van der Waals surface area (Å²) in [6.45, 7) is 7.90. The average Bonchev–Trinajstić information content (AvgIpc) is 2.51. The molecule has 3 nitrogen and oxygen atoms in total. The molecule has 0 aliphatic heterocycles. The number of hydrogen-bond acceptors (Lipinski definition) is 2. The lowest BCUT2D eigenvalue weighted by Gasteiger charge is -2.03. The van der Waals surface area contributed by atoms with Gasteiger partial charge in [0.25, 0.3) is 0 Å². The molecule has 0 saturated heterocycles. The minimum atomic E-state index is 0.719. The second kappa shape index (κ2) is 5.53. The highest BCUT2D eigenvalue weighted by molar-refractivity contribution is 5.34. The fourth-order valence-electron chi connectivity index (χ4n) is 1.53. The number of rotatable bonds is 4. The van der Waals surface area contributed by atoms with E-state index >= 15 is 0 Å². The van der Waals surface area contributed by atoms with Crippen molar-refractivity contribution in [3.05, 3.63) is 34.7 Å². The maximum atomic E-state index is 8.90. The fourth-order valence-corrected chi connectivity index (χ4v) is 1.53. The van der Waals surface area contributed by atoms with E-state index in [1.54, 1.807) is 0 Å². The van der Waals surface area contributed by atoms with Crippen molar-refractivity contribution in [1.82, 2.24) is 9.88 Å². The van der Waals surface area contributed by atoms with Crippen molar-refractivity contribution in [2.45, 2.75) is 27.3 Å². The van der Waals surface area contributed by atoms with Gasteiger partial charge in [-0.15, -0.1) is 0 Å². The molecule has 0 radical (unpaired) electrons. The number of nitrogens with one attached hydrogen (secondary N) is 1. The van der Waals surface area contributed by atoms with Crippen molar-refractivity contribution < 1.29 is 0 Å². The van der Waals surface area contributed by atoms with Crippen LogP contribution in [0.2, 0.25) is 0 Å². The average molecular weight is 217 g/mol. The summed E-state index contributed by atoms with van der Waals surface area (Å²) in [7, 11) is 1.92. The van der Waals surface area contributed by atoms with E-state index in [-0.39, 0.29) is 0 Å². The summed E-state index contributed by atoms with van der Waals surface area (Å²) in [6, 6.07) is 4.14. The Kier molecular flexibility index (Phi) is 4.33. The Morgan fingerprint density at radius 3 is 2.75 bits per heavy atom. The minimum absolute atomic E-state index is 0.719. The highest BCUT2D eigenvalue weighted by atomic mass is 15.0. The summed E-state index contributed by atoms with van der Waals surface area (Å²) in [5.41, 5.74) is 4.38. The molecule has 0 fully saturated rings. The third-order valence-electron chi connectivity index (χ3n) is 2.72. The van der Waals surface area contributed by atoms with Gasteiger partial charge in [-0.1, -0.05) is 11.6 Å². The van der Waals surface area contributed by atoms with Gasteiger partial charge in [0.1, 0.15) is 11.8 Å². The summed E-state index contributed by atoms with van der Waals surface area (Å²) in [6.07, 6.45) is 2.16. The van der Waals surface area contributed by atoms with Crippen molar-refractivity contribution in [2.24, 2.45) is 7.05 Å². The number of nitrogens with zero attached hydrogens (tertiary/aromatic N) is 2. The molecule has 1 heterocycles. The van der Waals surface area contributed by atoms with Crippen molar-refractivity contribution in [3.63, 3.8) is 0 Å². The van der Waals surface area contributed by atoms with E-state index in [0.29, 0.717) is 0 Å². The summed E-state index contributed by atoms with van der Waals surface area (Å²) in [5.74, 6) is 0. The summed E-state index contributed by atoms with van der Waals surface area (Å²) < 4.78 is 1.93. The second-order valence-corrected chi connectivity index (χ2v) is 4.22. The van der Waals surface area contributed by atoms with Crippen LogP contribution in [-0.4, -0.2) is 11.1 Å². The number of hydrogen-bond donors (Lipinski definition) is 1. The van der Waals surface area contributed by atoms with Crippen molar-refractivity contribution in [2.75, 3.05) is 6.54 Å². The van der Waals surface area contributed by atoms with Gasteiger partial charge in [0, 0.05) is 25.8 Å².